The van der Waals surface area contributed by atoms with E-state index in [1.54, 1.807) is 37.3 Å². The van der Waals surface area contributed by atoms with Gasteiger partial charge in [0.15, 0.2) is 5.76 Å². The van der Waals surface area contributed by atoms with Gasteiger partial charge in [0.1, 0.15) is 11.6 Å². The van der Waals surface area contributed by atoms with E-state index in [1.807, 2.05) is 0 Å². The van der Waals surface area contributed by atoms with Crippen molar-refractivity contribution in [3.05, 3.63) is 82.5 Å². The maximum absolute atomic E-state index is 13.4. The predicted molar refractivity (Wildman–Crippen MR) is 107 cm³/mol. The summed E-state index contributed by atoms with van der Waals surface area (Å²) in [4.78, 5) is 25.5. The summed E-state index contributed by atoms with van der Waals surface area (Å²) in [6.07, 6.45) is 0. The predicted octanol–water partition coefficient (Wildman–Crippen LogP) is 5.48. The number of carbonyl (C=O) groups is 2. The van der Waals surface area contributed by atoms with Gasteiger partial charge in [-0.3, -0.25) is 9.36 Å². The highest BCUT2D eigenvalue weighted by Crippen LogP contribution is 2.30. The standard InChI is InChI=1S/C22H15ClFNO4/c1-12-20(22(27)28-2)14-5-3-4-6-17(14)25(12)21(26)19-10-9-18(29-19)13-7-8-16(24)15(23)11-13/h3-11H,1-2H3. The number of methoxy groups -OCH3 is 1. The number of hydrogen-bond acceptors (Lipinski definition) is 4. The molecule has 0 radical (unpaired) electrons. The van der Waals surface area contributed by atoms with Gasteiger partial charge in [0.25, 0.3) is 5.91 Å². The lowest BCUT2D eigenvalue weighted by Gasteiger charge is -2.05. The minimum atomic E-state index is -0.539. The molecule has 7 heteroatoms. The molecule has 5 nitrogen and oxygen atoms in total. The molecule has 0 fully saturated rings. The van der Waals surface area contributed by atoms with E-state index in [0.29, 0.717) is 33.5 Å². The molecule has 29 heavy (non-hydrogen) atoms. The Hall–Kier alpha value is -3.38. The van der Waals surface area contributed by atoms with Crippen molar-refractivity contribution in [2.45, 2.75) is 6.92 Å². The Balaban J connectivity index is 1.81. The zero-order valence-corrected chi connectivity index (χ0v) is 16.3. The number of ether oxygens (including phenoxy) is 1. The summed E-state index contributed by atoms with van der Waals surface area (Å²) in [5.41, 5.74) is 1.89. The third-order valence-electron chi connectivity index (χ3n) is 4.73. The summed E-state index contributed by atoms with van der Waals surface area (Å²) in [6.45, 7) is 1.67. The van der Waals surface area contributed by atoms with Gasteiger partial charge >= 0.3 is 5.97 Å². The number of nitrogens with zero attached hydrogens (tertiary/aromatic N) is 1. The van der Waals surface area contributed by atoms with Gasteiger partial charge in [-0.15, -0.1) is 0 Å². The molecule has 0 aliphatic rings. The van der Waals surface area contributed by atoms with E-state index >= 15 is 0 Å². The van der Waals surface area contributed by atoms with Crippen LogP contribution in [0.2, 0.25) is 5.02 Å². The van der Waals surface area contributed by atoms with Crippen LogP contribution in [0, 0.1) is 12.7 Å². The number of para-hydroxylation sites is 1. The van der Waals surface area contributed by atoms with Crippen LogP contribution in [0.4, 0.5) is 4.39 Å². The van der Waals surface area contributed by atoms with E-state index in [0.717, 1.165) is 0 Å². The van der Waals surface area contributed by atoms with E-state index in [1.165, 1.54) is 35.9 Å². The molecule has 4 aromatic rings. The first-order valence-electron chi connectivity index (χ1n) is 8.70. The molecule has 0 unspecified atom stereocenters. The fourth-order valence-electron chi connectivity index (χ4n) is 3.36. The number of benzene rings is 2. The van der Waals surface area contributed by atoms with Crippen molar-refractivity contribution in [2.75, 3.05) is 7.11 Å². The van der Waals surface area contributed by atoms with Gasteiger partial charge in [0, 0.05) is 16.6 Å². The molecular weight excluding hydrogens is 397 g/mol. The van der Waals surface area contributed by atoms with Crippen LogP contribution < -0.4 is 0 Å². The molecule has 0 spiro atoms. The van der Waals surface area contributed by atoms with Crippen molar-refractivity contribution >= 4 is 34.4 Å². The van der Waals surface area contributed by atoms with Crippen molar-refractivity contribution in [1.82, 2.24) is 4.57 Å². The fourth-order valence-corrected chi connectivity index (χ4v) is 3.54. The second-order valence-electron chi connectivity index (χ2n) is 6.40. The number of aromatic nitrogens is 1. The largest absolute Gasteiger partial charge is 0.465 e. The van der Waals surface area contributed by atoms with Crippen LogP contribution in [0.15, 0.2) is 59.0 Å². The van der Waals surface area contributed by atoms with E-state index in [9.17, 15) is 14.0 Å². The minimum absolute atomic E-state index is 0.0401. The highest BCUT2D eigenvalue weighted by molar-refractivity contribution is 6.31. The van der Waals surface area contributed by atoms with Gasteiger partial charge in [0.2, 0.25) is 0 Å². The van der Waals surface area contributed by atoms with Crippen LogP contribution in [0.5, 0.6) is 0 Å². The number of furan rings is 1. The van der Waals surface area contributed by atoms with Crippen molar-refractivity contribution < 1.29 is 23.1 Å². The third kappa shape index (κ3) is 3.11. The molecular formula is C22H15ClFNO4. The average molecular weight is 412 g/mol. The number of halogens is 2. The number of rotatable bonds is 3. The summed E-state index contributed by atoms with van der Waals surface area (Å²) < 4.78 is 25.4. The monoisotopic (exact) mass is 411 g/mol. The van der Waals surface area contributed by atoms with Gasteiger partial charge in [-0.05, 0) is 43.3 Å². The zero-order chi connectivity index (χ0) is 20.7. The van der Waals surface area contributed by atoms with Crippen LogP contribution in [0.25, 0.3) is 22.2 Å². The molecule has 2 aromatic carbocycles. The van der Waals surface area contributed by atoms with Crippen molar-refractivity contribution in [1.29, 1.82) is 0 Å². The smallest absolute Gasteiger partial charge is 0.340 e. The lowest BCUT2D eigenvalue weighted by Crippen LogP contribution is -2.14. The van der Waals surface area contributed by atoms with Crippen molar-refractivity contribution in [2.24, 2.45) is 0 Å². The van der Waals surface area contributed by atoms with Crippen LogP contribution in [-0.4, -0.2) is 23.6 Å². The van der Waals surface area contributed by atoms with E-state index in [-0.39, 0.29) is 10.8 Å². The van der Waals surface area contributed by atoms with Crippen LogP contribution >= 0.6 is 11.6 Å². The van der Waals surface area contributed by atoms with E-state index in [2.05, 4.69) is 0 Å². The Morgan fingerprint density at radius 3 is 2.59 bits per heavy atom. The first kappa shape index (κ1) is 19.0. The summed E-state index contributed by atoms with van der Waals surface area (Å²) >= 11 is 5.83. The molecule has 0 bridgehead atoms. The Labute approximate surface area is 170 Å². The van der Waals surface area contributed by atoms with Crippen LogP contribution in [-0.2, 0) is 4.74 Å². The number of carbonyl (C=O) groups excluding carboxylic acids is 2. The molecule has 0 aliphatic heterocycles. The maximum Gasteiger partial charge on any atom is 0.340 e. The summed E-state index contributed by atoms with van der Waals surface area (Å²) in [7, 11) is 1.29. The van der Waals surface area contributed by atoms with Gasteiger partial charge < -0.3 is 9.15 Å². The lowest BCUT2D eigenvalue weighted by atomic mass is 10.1. The topological polar surface area (TPSA) is 61.4 Å². The highest BCUT2D eigenvalue weighted by atomic mass is 35.5. The van der Waals surface area contributed by atoms with Gasteiger partial charge in [-0.1, -0.05) is 29.8 Å². The van der Waals surface area contributed by atoms with Crippen LogP contribution in [0.1, 0.15) is 26.6 Å². The van der Waals surface area contributed by atoms with Crippen molar-refractivity contribution in [3.63, 3.8) is 0 Å². The minimum Gasteiger partial charge on any atom is -0.465 e. The Kier molecular flexibility index (Phi) is 4.72. The summed E-state index contributed by atoms with van der Waals surface area (Å²) in [5, 5.41) is 0.573. The lowest BCUT2D eigenvalue weighted by molar-refractivity contribution is 0.0602. The zero-order valence-electron chi connectivity index (χ0n) is 15.5. The fraction of sp³-hybridized carbons (Fsp3) is 0.0909. The highest BCUT2D eigenvalue weighted by Gasteiger charge is 2.25. The maximum atomic E-state index is 13.4. The Bertz CT molecular complexity index is 1270. The van der Waals surface area contributed by atoms with E-state index in [4.69, 9.17) is 20.8 Å². The molecule has 0 saturated heterocycles. The SMILES string of the molecule is COC(=O)c1c(C)n(C(=O)c2ccc(-c3ccc(F)c(Cl)c3)o2)c2ccccc12. The number of esters is 1. The molecule has 2 heterocycles. The second kappa shape index (κ2) is 7.22. The Morgan fingerprint density at radius 2 is 1.86 bits per heavy atom. The van der Waals surface area contributed by atoms with Crippen LogP contribution in [0.3, 0.4) is 0 Å². The number of fused-ring (bicyclic) bond motifs is 1. The quantitative estimate of drug-likeness (QED) is 0.419. The van der Waals surface area contributed by atoms with Crippen molar-refractivity contribution in [3.8, 4) is 11.3 Å². The molecule has 0 amide bonds. The van der Waals surface area contributed by atoms with E-state index < -0.39 is 17.7 Å². The molecule has 2 aromatic heterocycles. The molecule has 0 aliphatic carbocycles. The van der Waals surface area contributed by atoms with Gasteiger partial charge in [-0.25, -0.2) is 9.18 Å². The first-order chi connectivity index (χ1) is 13.9. The molecule has 4 rings (SSSR count). The molecule has 0 saturated carbocycles. The Morgan fingerprint density at radius 1 is 1.10 bits per heavy atom. The normalized spacial score (nSPS) is 11.0. The summed E-state index contributed by atoms with van der Waals surface area (Å²) in [6, 6.07) is 14.4. The van der Waals surface area contributed by atoms with Gasteiger partial charge in [0.05, 0.1) is 23.2 Å². The first-order valence-corrected chi connectivity index (χ1v) is 9.08. The summed E-state index contributed by atoms with van der Waals surface area (Å²) in [5.74, 6) is -1.05. The molecule has 0 N–H and O–H groups in total. The third-order valence-corrected chi connectivity index (χ3v) is 5.01. The molecule has 146 valence electrons. The number of hydrogen-bond donors (Lipinski definition) is 0. The van der Waals surface area contributed by atoms with Gasteiger partial charge in [-0.2, -0.15) is 0 Å². The second-order valence-corrected chi connectivity index (χ2v) is 6.81. The average Bonchev–Trinajstić information content (AvgIpc) is 3.32. The molecule has 0 atom stereocenters.